The zero-order valence-corrected chi connectivity index (χ0v) is 12.9. The van der Waals surface area contributed by atoms with Crippen LogP contribution >= 0.6 is 0 Å². The summed E-state index contributed by atoms with van der Waals surface area (Å²) in [5.74, 6) is 1.49. The Morgan fingerprint density at radius 1 is 0.905 bits per heavy atom. The maximum absolute atomic E-state index is 5.99. The molecule has 0 fully saturated rings. The van der Waals surface area contributed by atoms with Crippen LogP contribution in [0.3, 0.4) is 0 Å². The van der Waals surface area contributed by atoms with E-state index in [0.717, 1.165) is 35.5 Å². The molecule has 0 aliphatic carbocycles. The van der Waals surface area contributed by atoms with Gasteiger partial charge in [-0.05, 0) is 41.7 Å². The Hall–Kier alpha value is -2.00. The molecule has 0 heterocycles. The summed E-state index contributed by atoms with van der Waals surface area (Å²) < 4.78 is 10.6. The Balaban J connectivity index is 2.22. The normalized spacial score (nSPS) is 12.0. The van der Waals surface area contributed by atoms with Crippen LogP contribution in [0.15, 0.2) is 42.5 Å². The molecule has 0 amide bonds. The number of methoxy groups -OCH3 is 2. The van der Waals surface area contributed by atoms with Crippen molar-refractivity contribution in [2.24, 2.45) is 5.73 Å². The van der Waals surface area contributed by atoms with Crippen molar-refractivity contribution >= 4 is 0 Å². The Kier molecular flexibility index (Phi) is 5.23. The van der Waals surface area contributed by atoms with Crippen molar-refractivity contribution in [2.75, 3.05) is 14.2 Å². The molecule has 112 valence electrons. The summed E-state index contributed by atoms with van der Waals surface area (Å²) in [6, 6.07) is 14.7. The van der Waals surface area contributed by atoms with Crippen molar-refractivity contribution in [2.45, 2.75) is 25.8 Å². The number of ether oxygens (including phenoxy) is 2. The first-order chi connectivity index (χ1) is 10.2. The fraction of sp³-hybridized carbons (Fsp3) is 0.333. The number of rotatable bonds is 6. The van der Waals surface area contributed by atoms with Gasteiger partial charge in [0.2, 0.25) is 0 Å². The maximum atomic E-state index is 5.99. The lowest BCUT2D eigenvalue weighted by Gasteiger charge is -2.11. The number of hydrogen-bond acceptors (Lipinski definition) is 3. The van der Waals surface area contributed by atoms with Crippen molar-refractivity contribution in [3.05, 3.63) is 48.0 Å². The highest BCUT2D eigenvalue weighted by molar-refractivity contribution is 5.67. The molecule has 0 aliphatic rings. The molecule has 0 spiro atoms. The fourth-order valence-electron chi connectivity index (χ4n) is 2.30. The SMILES string of the molecule is CCC(N)Cc1ccc(-c2ccc(OC)c(OC)c2)cc1. The third kappa shape index (κ3) is 3.76. The van der Waals surface area contributed by atoms with E-state index in [1.165, 1.54) is 5.56 Å². The van der Waals surface area contributed by atoms with Gasteiger partial charge < -0.3 is 15.2 Å². The standard InChI is InChI=1S/C18H23NO2/c1-4-16(19)11-13-5-7-14(8-6-13)15-9-10-17(20-2)18(12-15)21-3/h5-10,12,16H,4,11,19H2,1-3H3. The zero-order chi connectivity index (χ0) is 15.2. The minimum absolute atomic E-state index is 0.233. The van der Waals surface area contributed by atoms with E-state index in [1.807, 2.05) is 18.2 Å². The summed E-state index contributed by atoms with van der Waals surface area (Å²) in [5.41, 5.74) is 9.53. The van der Waals surface area contributed by atoms with Crippen molar-refractivity contribution in [1.82, 2.24) is 0 Å². The van der Waals surface area contributed by atoms with Crippen molar-refractivity contribution < 1.29 is 9.47 Å². The minimum atomic E-state index is 0.233. The molecule has 0 radical (unpaired) electrons. The molecule has 2 aromatic carbocycles. The fourth-order valence-corrected chi connectivity index (χ4v) is 2.30. The van der Waals surface area contributed by atoms with E-state index in [-0.39, 0.29) is 6.04 Å². The largest absolute Gasteiger partial charge is 0.493 e. The molecule has 0 aliphatic heterocycles. The maximum Gasteiger partial charge on any atom is 0.161 e. The van der Waals surface area contributed by atoms with Gasteiger partial charge >= 0.3 is 0 Å². The number of hydrogen-bond donors (Lipinski definition) is 1. The van der Waals surface area contributed by atoms with Gasteiger partial charge in [0.05, 0.1) is 14.2 Å². The van der Waals surface area contributed by atoms with Crippen LogP contribution in [0.5, 0.6) is 11.5 Å². The summed E-state index contributed by atoms with van der Waals surface area (Å²) in [6.45, 7) is 2.11. The van der Waals surface area contributed by atoms with Crippen LogP contribution in [0.2, 0.25) is 0 Å². The van der Waals surface area contributed by atoms with E-state index >= 15 is 0 Å². The molecule has 0 aromatic heterocycles. The molecular formula is C18H23NO2. The quantitative estimate of drug-likeness (QED) is 0.881. The summed E-state index contributed by atoms with van der Waals surface area (Å²) in [5, 5.41) is 0. The predicted octanol–water partition coefficient (Wildman–Crippen LogP) is 3.65. The molecule has 2 aromatic rings. The highest BCUT2D eigenvalue weighted by Gasteiger charge is 2.07. The van der Waals surface area contributed by atoms with Crippen LogP contribution in [-0.4, -0.2) is 20.3 Å². The zero-order valence-electron chi connectivity index (χ0n) is 12.9. The van der Waals surface area contributed by atoms with E-state index < -0.39 is 0 Å². The van der Waals surface area contributed by atoms with Crippen LogP contribution < -0.4 is 15.2 Å². The van der Waals surface area contributed by atoms with Crippen LogP contribution in [0.25, 0.3) is 11.1 Å². The third-order valence-electron chi connectivity index (χ3n) is 3.69. The van der Waals surface area contributed by atoms with Gasteiger partial charge in [-0.2, -0.15) is 0 Å². The number of nitrogens with two attached hydrogens (primary N) is 1. The van der Waals surface area contributed by atoms with Gasteiger partial charge in [-0.25, -0.2) is 0 Å². The lowest BCUT2D eigenvalue weighted by Crippen LogP contribution is -2.21. The van der Waals surface area contributed by atoms with E-state index in [2.05, 4.69) is 31.2 Å². The summed E-state index contributed by atoms with van der Waals surface area (Å²) in [7, 11) is 3.29. The molecule has 0 saturated heterocycles. The summed E-state index contributed by atoms with van der Waals surface area (Å²) in [4.78, 5) is 0. The Morgan fingerprint density at radius 3 is 2.10 bits per heavy atom. The van der Waals surface area contributed by atoms with Crippen molar-refractivity contribution in [3.63, 3.8) is 0 Å². The first-order valence-electron chi connectivity index (χ1n) is 7.24. The Bertz CT molecular complexity index is 578. The second-order valence-corrected chi connectivity index (χ2v) is 5.14. The van der Waals surface area contributed by atoms with Gasteiger partial charge in [-0.1, -0.05) is 37.3 Å². The molecule has 2 rings (SSSR count). The van der Waals surface area contributed by atoms with E-state index in [4.69, 9.17) is 15.2 Å². The van der Waals surface area contributed by atoms with E-state index in [9.17, 15) is 0 Å². The lowest BCUT2D eigenvalue weighted by molar-refractivity contribution is 0.355. The average molecular weight is 285 g/mol. The van der Waals surface area contributed by atoms with Crippen molar-refractivity contribution in [3.8, 4) is 22.6 Å². The molecule has 21 heavy (non-hydrogen) atoms. The van der Waals surface area contributed by atoms with Crippen molar-refractivity contribution in [1.29, 1.82) is 0 Å². The van der Waals surface area contributed by atoms with Crippen LogP contribution in [0, 0.1) is 0 Å². The number of benzene rings is 2. The molecule has 0 bridgehead atoms. The van der Waals surface area contributed by atoms with Gasteiger partial charge in [-0.15, -0.1) is 0 Å². The minimum Gasteiger partial charge on any atom is -0.493 e. The van der Waals surface area contributed by atoms with Gasteiger partial charge in [0, 0.05) is 6.04 Å². The first-order valence-corrected chi connectivity index (χ1v) is 7.24. The molecule has 3 heteroatoms. The summed E-state index contributed by atoms with van der Waals surface area (Å²) >= 11 is 0. The second-order valence-electron chi connectivity index (χ2n) is 5.14. The van der Waals surface area contributed by atoms with E-state index in [1.54, 1.807) is 14.2 Å². The van der Waals surface area contributed by atoms with Crippen LogP contribution in [-0.2, 0) is 6.42 Å². The summed E-state index contributed by atoms with van der Waals surface area (Å²) in [6.07, 6.45) is 1.92. The highest BCUT2D eigenvalue weighted by Crippen LogP contribution is 2.32. The van der Waals surface area contributed by atoms with Crippen LogP contribution in [0.4, 0.5) is 0 Å². The van der Waals surface area contributed by atoms with Gasteiger partial charge in [0.15, 0.2) is 11.5 Å². The second kappa shape index (κ2) is 7.14. The molecule has 1 atom stereocenters. The topological polar surface area (TPSA) is 44.5 Å². The van der Waals surface area contributed by atoms with E-state index in [0.29, 0.717) is 0 Å². The lowest BCUT2D eigenvalue weighted by atomic mass is 10.00. The predicted molar refractivity (Wildman–Crippen MR) is 87.0 cm³/mol. The highest BCUT2D eigenvalue weighted by atomic mass is 16.5. The monoisotopic (exact) mass is 285 g/mol. The van der Waals surface area contributed by atoms with Gasteiger partial charge in [-0.3, -0.25) is 0 Å². The Labute approximate surface area is 126 Å². The smallest absolute Gasteiger partial charge is 0.161 e. The molecule has 2 N–H and O–H groups in total. The first kappa shape index (κ1) is 15.4. The molecule has 1 unspecified atom stereocenters. The van der Waals surface area contributed by atoms with Gasteiger partial charge in [0.25, 0.3) is 0 Å². The Morgan fingerprint density at radius 2 is 1.52 bits per heavy atom. The van der Waals surface area contributed by atoms with Crippen LogP contribution in [0.1, 0.15) is 18.9 Å². The average Bonchev–Trinajstić information content (AvgIpc) is 2.54. The molecule has 3 nitrogen and oxygen atoms in total. The third-order valence-corrected chi connectivity index (χ3v) is 3.69. The van der Waals surface area contributed by atoms with Gasteiger partial charge in [0.1, 0.15) is 0 Å². The molecular weight excluding hydrogens is 262 g/mol. The molecule has 0 saturated carbocycles.